The van der Waals surface area contributed by atoms with Crippen LogP contribution in [0, 0.1) is 5.92 Å². The van der Waals surface area contributed by atoms with E-state index in [1.54, 1.807) is 0 Å². The maximum Gasteiger partial charge on any atom is 0.334 e. The summed E-state index contributed by atoms with van der Waals surface area (Å²) in [5.41, 5.74) is 0.591. The summed E-state index contributed by atoms with van der Waals surface area (Å²) in [6, 6.07) is 2.01. The first-order chi connectivity index (χ1) is 8.52. The van der Waals surface area contributed by atoms with Gasteiger partial charge in [-0.3, -0.25) is 0 Å². The first-order valence-corrected chi connectivity index (χ1v) is 6.26. The number of cyclic esters (lactones) is 1. The zero-order valence-electron chi connectivity index (χ0n) is 10.8. The summed E-state index contributed by atoms with van der Waals surface area (Å²) in [5, 5.41) is 9.68. The molecular formula is C14H19NO3. The van der Waals surface area contributed by atoms with Crippen LogP contribution in [0.25, 0.3) is 0 Å². The minimum atomic E-state index is -0.590. The van der Waals surface area contributed by atoms with Gasteiger partial charge in [-0.2, -0.15) is 0 Å². The fourth-order valence-corrected chi connectivity index (χ4v) is 2.38. The van der Waals surface area contributed by atoms with Crippen LogP contribution in [0.5, 0.6) is 0 Å². The zero-order chi connectivity index (χ0) is 13.2. The maximum atomic E-state index is 11.5. The summed E-state index contributed by atoms with van der Waals surface area (Å²) >= 11 is 0. The normalized spacial score (nSPS) is 23.9. The molecule has 1 atom stereocenters. The molecule has 2 heterocycles. The van der Waals surface area contributed by atoms with E-state index in [1.165, 1.54) is 5.56 Å². The van der Waals surface area contributed by atoms with Gasteiger partial charge in [0, 0.05) is 18.8 Å². The molecule has 0 spiro atoms. The van der Waals surface area contributed by atoms with Gasteiger partial charge in [0.2, 0.25) is 0 Å². The van der Waals surface area contributed by atoms with Crippen LogP contribution < -0.4 is 0 Å². The molecule has 4 heteroatoms. The number of nitrogens with one attached hydrogen (secondary N) is 1. The van der Waals surface area contributed by atoms with Gasteiger partial charge in [0.25, 0.3) is 0 Å². The van der Waals surface area contributed by atoms with Crippen molar-refractivity contribution in [1.29, 1.82) is 0 Å². The molecule has 0 aliphatic carbocycles. The van der Waals surface area contributed by atoms with Crippen LogP contribution in [0.4, 0.5) is 0 Å². The van der Waals surface area contributed by atoms with Crippen molar-refractivity contribution < 1.29 is 14.6 Å². The summed E-state index contributed by atoms with van der Waals surface area (Å²) in [6.07, 6.45) is 6.92. The number of hydrogen-bond acceptors (Lipinski definition) is 3. The second kappa shape index (κ2) is 4.88. The molecule has 18 heavy (non-hydrogen) atoms. The van der Waals surface area contributed by atoms with Crippen LogP contribution in [0.2, 0.25) is 0 Å². The summed E-state index contributed by atoms with van der Waals surface area (Å²) in [5.74, 6) is -0.160. The lowest BCUT2D eigenvalue weighted by atomic mass is 9.80. The molecule has 0 fully saturated rings. The number of carbonyl (C=O) groups excluding carboxylic acids is 1. The third-order valence-corrected chi connectivity index (χ3v) is 3.62. The molecule has 1 aromatic rings. The lowest BCUT2D eigenvalue weighted by Gasteiger charge is -2.38. The Morgan fingerprint density at radius 1 is 1.56 bits per heavy atom. The molecule has 0 saturated carbocycles. The van der Waals surface area contributed by atoms with Gasteiger partial charge in [0.1, 0.15) is 11.4 Å². The Hall–Kier alpha value is -1.71. The molecule has 1 unspecified atom stereocenters. The quantitative estimate of drug-likeness (QED) is 0.806. The molecule has 0 bridgehead atoms. The van der Waals surface area contributed by atoms with Crippen molar-refractivity contribution in [1.82, 2.24) is 4.98 Å². The van der Waals surface area contributed by atoms with Gasteiger partial charge in [-0.25, -0.2) is 4.79 Å². The second-order valence-electron chi connectivity index (χ2n) is 5.17. The highest BCUT2D eigenvalue weighted by molar-refractivity contribution is 5.83. The number of carbonyl (C=O) groups is 1. The van der Waals surface area contributed by atoms with Gasteiger partial charge in [0.15, 0.2) is 0 Å². The van der Waals surface area contributed by atoms with Crippen LogP contribution >= 0.6 is 0 Å². The molecule has 0 aromatic carbocycles. The third kappa shape index (κ3) is 2.58. The number of aryl methyl sites for hydroxylation is 1. The van der Waals surface area contributed by atoms with E-state index in [0.717, 1.165) is 12.5 Å². The highest BCUT2D eigenvalue weighted by atomic mass is 16.6. The number of ether oxygens (including phenoxy) is 1. The summed E-state index contributed by atoms with van der Waals surface area (Å²) in [6.45, 7) is 4.03. The van der Waals surface area contributed by atoms with E-state index in [4.69, 9.17) is 4.74 Å². The van der Waals surface area contributed by atoms with Crippen LogP contribution in [-0.2, 0) is 16.0 Å². The lowest BCUT2D eigenvalue weighted by molar-refractivity contribution is -0.163. The molecule has 1 aliphatic heterocycles. The van der Waals surface area contributed by atoms with Crippen molar-refractivity contribution in [3.8, 4) is 0 Å². The minimum Gasteiger partial charge on any atom is -0.512 e. The van der Waals surface area contributed by atoms with Gasteiger partial charge < -0.3 is 14.8 Å². The number of aliphatic hydroxyl groups excluding tert-OH is 1. The van der Waals surface area contributed by atoms with Gasteiger partial charge in [-0.15, -0.1) is 0 Å². The lowest BCUT2D eigenvalue weighted by Crippen LogP contribution is -2.43. The Bertz CT molecular complexity index is 448. The first-order valence-electron chi connectivity index (χ1n) is 6.26. The average molecular weight is 249 g/mol. The monoisotopic (exact) mass is 249 g/mol. The van der Waals surface area contributed by atoms with E-state index in [9.17, 15) is 9.90 Å². The Morgan fingerprint density at radius 3 is 2.89 bits per heavy atom. The fraction of sp³-hybridized carbons (Fsp3) is 0.500. The number of esters is 1. The van der Waals surface area contributed by atoms with Gasteiger partial charge in [0.05, 0.1) is 6.08 Å². The Labute approximate surface area is 107 Å². The van der Waals surface area contributed by atoms with Crippen molar-refractivity contribution in [2.45, 2.75) is 38.7 Å². The van der Waals surface area contributed by atoms with Gasteiger partial charge in [-0.1, -0.05) is 13.8 Å². The third-order valence-electron chi connectivity index (χ3n) is 3.62. The number of hydrogen-bond donors (Lipinski definition) is 2. The van der Waals surface area contributed by atoms with E-state index >= 15 is 0 Å². The van der Waals surface area contributed by atoms with E-state index in [0.29, 0.717) is 12.8 Å². The molecule has 2 N–H and O–H groups in total. The number of H-pyrrole nitrogens is 1. The molecule has 1 aromatic heterocycles. The predicted octanol–water partition coefficient (Wildman–Crippen LogP) is 2.73. The topological polar surface area (TPSA) is 62.3 Å². The molecule has 4 nitrogen and oxygen atoms in total. The van der Waals surface area contributed by atoms with Crippen LogP contribution in [-0.4, -0.2) is 21.7 Å². The fourth-order valence-electron chi connectivity index (χ4n) is 2.38. The molecule has 0 saturated heterocycles. The maximum absolute atomic E-state index is 11.5. The van der Waals surface area contributed by atoms with E-state index in [-0.39, 0.29) is 11.7 Å². The van der Waals surface area contributed by atoms with Crippen molar-refractivity contribution in [3.63, 3.8) is 0 Å². The first kappa shape index (κ1) is 12.7. The van der Waals surface area contributed by atoms with Crippen molar-refractivity contribution in [2.24, 2.45) is 5.92 Å². The van der Waals surface area contributed by atoms with Crippen LogP contribution in [0.3, 0.4) is 0 Å². The van der Waals surface area contributed by atoms with Gasteiger partial charge in [-0.05, 0) is 30.4 Å². The molecule has 1 aliphatic rings. The molecule has 0 radical (unpaired) electrons. The number of aromatic amines is 1. The van der Waals surface area contributed by atoms with Crippen molar-refractivity contribution in [3.05, 3.63) is 35.9 Å². The SMILES string of the molecule is CC(C)C1(CCc2cc[nH]c2)CC(O)=CC(=O)O1. The highest BCUT2D eigenvalue weighted by Crippen LogP contribution is 2.36. The number of aliphatic hydroxyl groups is 1. The zero-order valence-corrected chi connectivity index (χ0v) is 10.8. The standard InChI is InChI=1S/C14H19NO3/c1-10(2)14(5-3-11-4-6-15-9-11)8-12(16)7-13(17)18-14/h4,6-7,9-10,15-16H,3,5,8H2,1-2H3. The molecular weight excluding hydrogens is 230 g/mol. The highest BCUT2D eigenvalue weighted by Gasteiger charge is 2.41. The van der Waals surface area contributed by atoms with E-state index in [1.807, 2.05) is 32.3 Å². The average Bonchev–Trinajstić information content (AvgIpc) is 2.77. The smallest absolute Gasteiger partial charge is 0.334 e. The van der Waals surface area contributed by atoms with Crippen LogP contribution in [0.1, 0.15) is 32.3 Å². The van der Waals surface area contributed by atoms with E-state index < -0.39 is 11.6 Å². The second-order valence-corrected chi connectivity index (χ2v) is 5.17. The molecule has 98 valence electrons. The summed E-state index contributed by atoms with van der Waals surface area (Å²) in [4.78, 5) is 14.5. The Balaban J connectivity index is 2.12. The van der Waals surface area contributed by atoms with Gasteiger partial charge >= 0.3 is 5.97 Å². The van der Waals surface area contributed by atoms with E-state index in [2.05, 4.69) is 4.98 Å². The summed E-state index contributed by atoms with van der Waals surface area (Å²) in [7, 11) is 0. The molecule has 0 amide bonds. The number of aromatic nitrogens is 1. The van der Waals surface area contributed by atoms with Crippen LogP contribution in [0.15, 0.2) is 30.3 Å². The molecule has 2 rings (SSSR count). The minimum absolute atomic E-state index is 0.119. The number of rotatable bonds is 4. The largest absolute Gasteiger partial charge is 0.512 e. The summed E-state index contributed by atoms with van der Waals surface area (Å²) < 4.78 is 5.52. The predicted molar refractivity (Wildman–Crippen MR) is 68.1 cm³/mol. The van der Waals surface area contributed by atoms with Crippen molar-refractivity contribution >= 4 is 5.97 Å². The Kier molecular flexibility index (Phi) is 3.45. The van der Waals surface area contributed by atoms with Crippen molar-refractivity contribution in [2.75, 3.05) is 0 Å². The Morgan fingerprint density at radius 2 is 2.33 bits per heavy atom.